The fourth-order valence-electron chi connectivity index (χ4n) is 3.26. The van der Waals surface area contributed by atoms with Gasteiger partial charge in [-0.2, -0.15) is 4.52 Å². The topological polar surface area (TPSA) is 95.3 Å². The maximum absolute atomic E-state index is 12.9. The van der Waals surface area contributed by atoms with Crippen molar-refractivity contribution in [2.24, 2.45) is 0 Å². The van der Waals surface area contributed by atoms with E-state index in [0.29, 0.717) is 11.2 Å². The Hall–Kier alpha value is -3.49. The molecule has 0 unspecified atom stereocenters. The van der Waals surface area contributed by atoms with E-state index in [1.807, 2.05) is 31.3 Å². The quantitative estimate of drug-likeness (QED) is 0.592. The fourth-order valence-corrected chi connectivity index (χ4v) is 3.26. The Bertz CT molecular complexity index is 1110. The smallest absolute Gasteiger partial charge is 0.256 e. The number of rotatable bonds is 3. The van der Waals surface area contributed by atoms with E-state index >= 15 is 0 Å². The number of likely N-dealkylation sites (N-methyl/N-ethyl adjacent to an activating group) is 1. The first-order valence-electron chi connectivity index (χ1n) is 8.32. The summed E-state index contributed by atoms with van der Waals surface area (Å²) in [4.78, 5) is 24.1. The minimum atomic E-state index is -0.00359. The molecule has 130 valence electrons. The van der Waals surface area contributed by atoms with Crippen molar-refractivity contribution in [3.05, 3.63) is 48.5 Å². The Balaban J connectivity index is 1.31. The van der Waals surface area contributed by atoms with Gasteiger partial charge in [0.05, 0.1) is 11.6 Å². The molecule has 5 heterocycles. The van der Waals surface area contributed by atoms with Crippen LogP contribution in [0.25, 0.3) is 16.7 Å². The van der Waals surface area contributed by atoms with Crippen molar-refractivity contribution in [2.45, 2.75) is 6.04 Å². The highest BCUT2D eigenvalue weighted by atomic mass is 16.2. The lowest BCUT2D eigenvalue weighted by molar-refractivity contribution is 0.0707. The predicted molar refractivity (Wildman–Crippen MR) is 95.0 cm³/mol. The second-order valence-electron chi connectivity index (χ2n) is 6.40. The molecule has 9 heteroatoms. The number of hydrogen-bond donors (Lipinski definition) is 1. The summed E-state index contributed by atoms with van der Waals surface area (Å²) in [5, 5.41) is 13.1. The Labute approximate surface area is 148 Å². The van der Waals surface area contributed by atoms with Gasteiger partial charge in [0.15, 0.2) is 5.65 Å². The van der Waals surface area contributed by atoms with Gasteiger partial charge in [0.25, 0.3) is 5.91 Å². The lowest BCUT2D eigenvalue weighted by Gasteiger charge is -2.44. The van der Waals surface area contributed by atoms with E-state index in [1.54, 1.807) is 28.1 Å². The summed E-state index contributed by atoms with van der Waals surface area (Å²) in [5.41, 5.74) is 2.09. The third-order valence-corrected chi connectivity index (χ3v) is 4.88. The number of aromatic nitrogens is 6. The van der Waals surface area contributed by atoms with Gasteiger partial charge >= 0.3 is 0 Å². The van der Waals surface area contributed by atoms with Crippen molar-refractivity contribution in [3.8, 4) is 0 Å². The number of aromatic amines is 1. The van der Waals surface area contributed by atoms with E-state index in [1.165, 1.54) is 0 Å². The average molecular weight is 348 g/mol. The zero-order valence-electron chi connectivity index (χ0n) is 14.1. The number of nitrogens with one attached hydrogen (secondary N) is 1. The molecule has 1 saturated heterocycles. The molecular weight excluding hydrogens is 332 g/mol. The molecule has 0 atom stereocenters. The molecule has 1 amide bonds. The average Bonchev–Trinajstić information content (AvgIpc) is 3.26. The molecule has 4 aromatic rings. The van der Waals surface area contributed by atoms with Gasteiger partial charge in [-0.3, -0.25) is 4.79 Å². The molecule has 1 aliphatic heterocycles. The van der Waals surface area contributed by atoms with Crippen LogP contribution in [-0.4, -0.2) is 66.8 Å². The summed E-state index contributed by atoms with van der Waals surface area (Å²) in [7, 11) is 1.84. The van der Waals surface area contributed by atoms with Crippen LogP contribution in [0.15, 0.2) is 43.0 Å². The molecule has 4 aromatic heterocycles. The molecule has 0 radical (unpaired) electrons. The molecule has 0 saturated carbocycles. The summed E-state index contributed by atoms with van der Waals surface area (Å²) in [5.74, 6) is 0.849. The van der Waals surface area contributed by atoms with Crippen LogP contribution in [0.3, 0.4) is 0 Å². The molecule has 26 heavy (non-hydrogen) atoms. The fraction of sp³-hybridized carbons (Fsp3) is 0.235. The van der Waals surface area contributed by atoms with Crippen molar-refractivity contribution < 1.29 is 4.79 Å². The molecule has 1 N–H and O–H groups in total. The molecule has 5 rings (SSSR count). The third-order valence-electron chi connectivity index (χ3n) is 4.88. The van der Waals surface area contributed by atoms with Gasteiger partial charge in [-0.1, -0.05) is 0 Å². The van der Waals surface area contributed by atoms with Crippen molar-refractivity contribution in [1.29, 1.82) is 0 Å². The third kappa shape index (κ3) is 2.20. The van der Waals surface area contributed by atoms with Gasteiger partial charge in [0.1, 0.15) is 17.8 Å². The number of fused-ring (bicyclic) bond motifs is 2. The van der Waals surface area contributed by atoms with Crippen LogP contribution in [0.5, 0.6) is 0 Å². The Kier molecular flexibility index (Phi) is 3.14. The van der Waals surface area contributed by atoms with Crippen LogP contribution in [0.4, 0.5) is 5.82 Å². The number of carbonyl (C=O) groups is 1. The summed E-state index contributed by atoms with van der Waals surface area (Å²) in [6, 6.07) is 7.70. The number of anilines is 1. The monoisotopic (exact) mass is 348 g/mol. The Morgan fingerprint density at radius 1 is 1.31 bits per heavy atom. The lowest BCUT2D eigenvalue weighted by Crippen LogP contribution is -2.60. The molecular formula is C17H16N8O. The van der Waals surface area contributed by atoms with Gasteiger partial charge in [-0.05, 0) is 24.3 Å². The van der Waals surface area contributed by atoms with Crippen molar-refractivity contribution in [2.75, 3.05) is 25.0 Å². The van der Waals surface area contributed by atoms with Crippen molar-refractivity contribution in [1.82, 2.24) is 34.7 Å². The standard InChI is InChI=1S/C17H16N8O/c1-23(17(26)13-7-19-16-12(13)3-2-6-18-16)11-8-24(9-11)15-5-4-14-21-20-10-25(14)22-15/h2-7,10-11H,8-9H2,1H3,(H,18,19). The molecule has 0 spiro atoms. The summed E-state index contributed by atoms with van der Waals surface area (Å²) < 4.78 is 1.65. The number of pyridine rings is 1. The molecule has 1 fully saturated rings. The first kappa shape index (κ1) is 14.8. The maximum Gasteiger partial charge on any atom is 0.256 e. The number of carbonyl (C=O) groups excluding carboxylic acids is 1. The highest BCUT2D eigenvalue weighted by Gasteiger charge is 2.34. The van der Waals surface area contributed by atoms with E-state index < -0.39 is 0 Å². The van der Waals surface area contributed by atoms with Gasteiger partial charge in [-0.25, -0.2) is 4.98 Å². The lowest BCUT2D eigenvalue weighted by atomic mass is 10.1. The number of hydrogen-bond acceptors (Lipinski definition) is 6. The van der Waals surface area contributed by atoms with E-state index in [-0.39, 0.29) is 11.9 Å². The van der Waals surface area contributed by atoms with Crippen LogP contribution in [0.1, 0.15) is 10.4 Å². The largest absolute Gasteiger partial charge is 0.351 e. The van der Waals surface area contributed by atoms with Gasteiger partial charge < -0.3 is 14.8 Å². The van der Waals surface area contributed by atoms with Crippen LogP contribution < -0.4 is 4.90 Å². The second-order valence-corrected chi connectivity index (χ2v) is 6.40. The molecule has 9 nitrogen and oxygen atoms in total. The van der Waals surface area contributed by atoms with Gasteiger partial charge in [0.2, 0.25) is 0 Å². The summed E-state index contributed by atoms with van der Waals surface area (Å²) in [6.07, 6.45) is 5.02. The zero-order valence-corrected chi connectivity index (χ0v) is 14.1. The first-order chi connectivity index (χ1) is 12.7. The Morgan fingerprint density at radius 2 is 2.19 bits per heavy atom. The van der Waals surface area contributed by atoms with E-state index in [4.69, 9.17) is 0 Å². The maximum atomic E-state index is 12.9. The predicted octanol–water partition coefficient (Wildman–Crippen LogP) is 0.961. The minimum Gasteiger partial charge on any atom is -0.351 e. The second kappa shape index (κ2) is 5.51. The summed E-state index contributed by atoms with van der Waals surface area (Å²) >= 11 is 0. The van der Waals surface area contributed by atoms with Crippen LogP contribution in [-0.2, 0) is 0 Å². The number of amides is 1. The SMILES string of the molecule is CN(C(=O)c1c[nH]c2ncccc12)C1CN(c2ccc3nncn3n2)C1. The highest BCUT2D eigenvalue weighted by Crippen LogP contribution is 2.24. The van der Waals surface area contributed by atoms with Gasteiger partial charge in [-0.15, -0.1) is 15.3 Å². The molecule has 1 aliphatic rings. The van der Waals surface area contributed by atoms with Crippen LogP contribution in [0, 0.1) is 0 Å². The zero-order chi connectivity index (χ0) is 17.7. The van der Waals surface area contributed by atoms with Crippen LogP contribution in [0.2, 0.25) is 0 Å². The van der Waals surface area contributed by atoms with Gasteiger partial charge in [0, 0.05) is 37.9 Å². The summed E-state index contributed by atoms with van der Waals surface area (Å²) in [6.45, 7) is 1.48. The molecule has 0 aromatic carbocycles. The van der Waals surface area contributed by atoms with E-state index in [2.05, 4.69) is 30.2 Å². The van der Waals surface area contributed by atoms with E-state index in [9.17, 15) is 4.79 Å². The minimum absolute atomic E-state index is 0.00359. The van der Waals surface area contributed by atoms with Crippen molar-refractivity contribution in [3.63, 3.8) is 0 Å². The normalized spacial score (nSPS) is 14.7. The Morgan fingerprint density at radius 3 is 3.08 bits per heavy atom. The molecule has 0 bridgehead atoms. The number of H-pyrrole nitrogens is 1. The molecule has 0 aliphatic carbocycles. The first-order valence-corrected chi connectivity index (χ1v) is 8.32. The van der Waals surface area contributed by atoms with Crippen LogP contribution >= 0.6 is 0 Å². The number of nitrogens with zero attached hydrogens (tertiary/aromatic N) is 7. The van der Waals surface area contributed by atoms with E-state index in [0.717, 1.165) is 29.9 Å². The van der Waals surface area contributed by atoms with Crippen molar-refractivity contribution >= 4 is 28.4 Å². The highest BCUT2D eigenvalue weighted by molar-refractivity contribution is 6.06.